The molecule has 1 amide bonds. The molecule has 0 unspecified atom stereocenters. The Morgan fingerprint density at radius 2 is 1.97 bits per heavy atom. The molecule has 3 aromatic rings. The van der Waals surface area contributed by atoms with Gasteiger partial charge < -0.3 is 14.6 Å². The molecular weight excluding hydrogens is 433 g/mol. The molecule has 0 aliphatic heterocycles. The maximum Gasteiger partial charge on any atom is 0.266 e. The van der Waals surface area contributed by atoms with Gasteiger partial charge in [0.2, 0.25) is 0 Å². The van der Waals surface area contributed by atoms with Crippen LogP contribution in [0, 0.1) is 25.2 Å². The zero-order chi connectivity index (χ0) is 22.5. The summed E-state index contributed by atoms with van der Waals surface area (Å²) in [7, 11) is 0. The molecule has 7 heteroatoms. The predicted octanol–water partition coefficient (Wildman–Crippen LogP) is 6.35. The quantitative estimate of drug-likeness (QED) is 0.349. The fourth-order valence-electron chi connectivity index (χ4n) is 3.29. The minimum Gasteiger partial charge on any atom is -0.494 e. The van der Waals surface area contributed by atoms with Crippen molar-refractivity contribution in [3.63, 3.8) is 0 Å². The van der Waals surface area contributed by atoms with Gasteiger partial charge in [-0.2, -0.15) is 5.26 Å². The lowest BCUT2D eigenvalue weighted by Crippen LogP contribution is -2.13. The minimum atomic E-state index is -0.498. The number of hydrogen-bond donors (Lipinski definition) is 1. The summed E-state index contributed by atoms with van der Waals surface area (Å²) in [5.74, 6) is 0.145. The first-order valence-electron chi connectivity index (χ1n) is 9.64. The molecule has 158 valence electrons. The third-order valence-corrected chi connectivity index (χ3v) is 5.24. The number of halogens is 2. The Morgan fingerprint density at radius 3 is 2.68 bits per heavy atom. The van der Waals surface area contributed by atoms with Gasteiger partial charge in [0.1, 0.15) is 17.4 Å². The average molecular weight is 454 g/mol. The number of nitrogens with one attached hydrogen (secondary N) is 1. The number of benzene rings is 2. The molecular formula is C24H21Cl2N3O2. The summed E-state index contributed by atoms with van der Waals surface area (Å²) in [5.41, 5.74) is 3.74. The van der Waals surface area contributed by atoms with Gasteiger partial charge in [-0.3, -0.25) is 4.79 Å². The van der Waals surface area contributed by atoms with Crippen LogP contribution < -0.4 is 10.1 Å². The minimum absolute atomic E-state index is 0.0146. The number of anilines is 1. The number of amides is 1. The lowest BCUT2D eigenvalue weighted by atomic mass is 10.1. The van der Waals surface area contributed by atoms with Gasteiger partial charge in [-0.15, -0.1) is 0 Å². The number of rotatable bonds is 6. The molecule has 5 nitrogen and oxygen atoms in total. The molecule has 3 rings (SSSR count). The number of aromatic nitrogens is 1. The Labute approximate surface area is 191 Å². The summed E-state index contributed by atoms with van der Waals surface area (Å²) in [6, 6.07) is 16.1. The molecule has 0 aliphatic rings. The van der Waals surface area contributed by atoms with Crippen LogP contribution in [0.2, 0.25) is 10.0 Å². The van der Waals surface area contributed by atoms with Gasteiger partial charge in [0.25, 0.3) is 5.91 Å². The van der Waals surface area contributed by atoms with E-state index in [1.165, 1.54) is 0 Å². The van der Waals surface area contributed by atoms with Gasteiger partial charge in [-0.05, 0) is 68.8 Å². The molecule has 0 aliphatic carbocycles. The van der Waals surface area contributed by atoms with E-state index in [0.717, 1.165) is 22.6 Å². The first-order valence-corrected chi connectivity index (χ1v) is 10.4. The summed E-state index contributed by atoms with van der Waals surface area (Å²) in [6.45, 7) is 6.23. The van der Waals surface area contributed by atoms with Crippen LogP contribution in [0.1, 0.15) is 23.9 Å². The van der Waals surface area contributed by atoms with Crippen molar-refractivity contribution < 1.29 is 9.53 Å². The second-order valence-electron chi connectivity index (χ2n) is 6.84. The van der Waals surface area contributed by atoms with Crippen molar-refractivity contribution in [2.24, 2.45) is 0 Å². The van der Waals surface area contributed by atoms with Crippen molar-refractivity contribution in [3.05, 3.63) is 81.1 Å². The third kappa shape index (κ3) is 5.11. The van der Waals surface area contributed by atoms with Gasteiger partial charge in [-0.25, -0.2) is 0 Å². The second kappa shape index (κ2) is 9.74. The van der Waals surface area contributed by atoms with Gasteiger partial charge >= 0.3 is 0 Å². The van der Waals surface area contributed by atoms with Crippen LogP contribution in [-0.2, 0) is 4.79 Å². The number of carbonyl (C=O) groups excluding carboxylic acids is 1. The average Bonchev–Trinajstić information content (AvgIpc) is 3.01. The third-order valence-electron chi connectivity index (χ3n) is 4.69. The smallest absolute Gasteiger partial charge is 0.266 e. The molecule has 2 aromatic carbocycles. The largest absolute Gasteiger partial charge is 0.494 e. The van der Waals surface area contributed by atoms with E-state index in [9.17, 15) is 10.1 Å². The number of ether oxygens (including phenoxy) is 1. The summed E-state index contributed by atoms with van der Waals surface area (Å²) in [6.07, 6.45) is 1.57. The summed E-state index contributed by atoms with van der Waals surface area (Å²) < 4.78 is 7.39. The van der Waals surface area contributed by atoms with E-state index in [-0.39, 0.29) is 5.57 Å². The number of nitrogens with zero attached hydrogens (tertiary/aromatic N) is 2. The Hall–Kier alpha value is -3.20. The predicted molar refractivity (Wildman–Crippen MR) is 125 cm³/mol. The number of aryl methyl sites for hydroxylation is 1. The highest BCUT2D eigenvalue weighted by Crippen LogP contribution is 2.30. The fraction of sp³-hybridized carbons (Fsp3) is 0.167. The molecule has 0 atom stereocenters. The van der Waals surface area contributed by atoms with Crippen molar-refractivity contribution in [1.29, 1.82) is 5.26 Å². The zero-order valence-corrected chi connectivity index (χ0v) is 18.9. The van der Waals surface area contributed by atoms with Crippen molar-refractivity contribution in [2.75, 3.05) is 11.9 Å². The normalized spacial score (nSPS) is 11.2. The van der Waals surface area contributed by atoms with E-state index >= 15 is 0 Å². The van der Waals surface area contributed by atoms with Crippen molar-refractivity contribution in [2.45, 2.75) is 20.8 Å². The van der Waals surface area contributed by atoms with E-state index in [1.807, 2.05) is 37.5 Å². The van der Waals surface area contributed by atoms with Crippen LogP contribution in [0.15, 0.2) is 54.1 Å². The molecule has 31 heavy (non-hydrogen) atoms. The molecule has 0 saturated heterocycles. The standard InChI is InChI=1S/C24H21Cl2N3O2/c1-4-31-21-7-5-6-20(13-21)28-24(30)18(14-27)11-17-10-15(2)29(16(17)3)23-12-19(25)8-9-22(23)26/h5-13H,4H2,1-3H3,(H,28,30)/b18-11-. The molecule has 0 bridgehead atoms. The van der Waals surface area contributed by atoms with Crippen molar-refractivity contribution >= 4 is 40.9 Å². The lowest BCUT2D eigenvalue weighted by Gasteiger charge is -2.12. The van der Waals surface area contributed by atoms with Crippen LogP contribution in [0.4, 0.5) is 5.69 Å². The fourth-order valence-corrected chi connectivity index (χ4v) is 3.66. The Bertz CT molecular complexity index is 1210. The highest BCUT2D eigenvalue weighted by molar-refractivity contribution is 6.34. The summed E-state index contributed by atoms with van der Waals surface area (Å²) >= 11 is 12.5. The SMILES string of the molecule is CCOc1cccc(NC(=O)/C(C#N)=C\c2cc(C)n(-c3cc(Cl)ccc3Cl)c2C)c1. The van der Waals surface area contributed by atoms with Gasteiger partial charge in [0.05, 0.1) is 17.3 Å². The van der Waals surface area contributed by atoms with E-state index in [4.69, 9.17) is 27.9 Å². The first kappa shape index (κ1) is 22.5. The van der Waals surface area contributed by atoms with Crippen molar-refractivity contribution in [1.82, 2.24) is 4.57 Å². The van der Waals surface area contributed by atoms with Crippen LogP contribution in [-0.4, -0.2) is 17.1 Å². The van der Waals surface area contributed by atoms with Crippen LogP contribution in [0.25, 0.3) is 11.8 Å². The highest BCUT2D eigenvalue weighted by atomic mass is 35.5. The van der Waals surface area contributed by atoms with Gasteiger partial charge in [-0.1, -0.05) is 29.3 Å². The molecule has 1 aromatic heterocycles. The maximum absolute atomic E-state index is 12.7. The number of carbonyl (C=O) groups is 1. The monoisotopic (exact) mass is 453 g/mol. The molecule has 0 radical (unpaired) electrons. The lowest BCUT2D eigenvalue weighted by molar-refractivity contribution is -0.112. The Morgan fingerprint density at radius 1 is 1.19 bits per heavy atom. The highest BCUT2D eigenvalue weighted by Gasteiger charge is 2.16. The Kier molecular flexibility index (Phi) is 7.06. The van der Waals surface area contributed by atoms with Crippen LogP contribution in [0.3, 0.4) is 0 Å². The second-order valence-corrected chi connectivity index (χ2v) is 7.69. The Balaban J connectivity index is 1.93. The van der Waals surface area contributed by atoms with Gasteiger partial charge in [0.15, 0.2) is 0 Å². The van der Waals surface area contributed by atoms with Gasteiger partial charge in [0, 0.05) is 28.2 Å². The zero-order valence-electron chi connectivity index (χ0n) is 17.4. The maximum atomic E-state index is 12.7. The molecule has 1 heterocycles. The van der Waals surface area contributed by atoms with Crippen molar-refractivity contribution in [3.8, 4) is 17.5 Å². The molecule has 0 saturated carbocycles. The first-order chi connectivity index (χ1) is 14.8. The number of nitriles is 1. The van der Waals surface area contributed by atoms with E-state index in [1.54, 1.807) is 48.5 Å². The molecule has 0 spiro atoms. The summed E-state index contributed by atoms with van der Waals surface area (Å²) in [5, 5.41) is 13.5. The van der Waals surface area contributed by atoms with E-state index in [2.05, 4.69) is 5.32 Å². The van der Waals surface area contributed by atoms with Crippen LogP contribution in [0.5, 0.6) is 5.75 Å². The molecule has 0 fully saturated rings. The van der Waals surface area contributed by atoms with E-state index in [0.29, 0.717) is 28.1 Å². The van der Waals surface area contributed by atoms with Crippen LogP contribution >= 0.6 is 23.2 Å². The molecule has 1 N–H and O–H groups in total. The summed E-state index contributed by atoms with van der Waals surface area (Å²) in [4.78, 5) is 12.7. The topological polar surface area (TPSA) is 67.0 Å². The van der Waals surface area contributed by atoms with E-state index < -0.39 is 5.91 Å². The number of hydrogen-bond acceptors (Lipinski definition) is 3.